The number of pyridine rings is 1. The van der Waals surface area contributed by atoms with E-state index in [-0.39, 0.29) is 5.69 Å². The van der Waals surface area contributed by atoms with Gasteiger partial charge in [-0.1, -0.05) is 6.07 Å². The van der Waals surface area contributed by atoms with Gasteiger partial charge >= 0.3 is 0 Å². The summed E-state index contributed by atoms with van der Waals surface area (Å²) in [5, 5.41) is 4.02. The van der Waals surface area contributed by atoms with E-state index in [9.17, 15) is 8.78 Å². The van der Waals surface area contributed by atoms with E-state index in [2.05, 4.69) is 15.5 Å². The first kappa shape index (κ1) is 12.2. The number of hydrazone groups is 1. The fourth-order valence-corrected chi connectivity index (χ4v) is 1.37. The number of benzene rings is 1. The van der Waals surface area contributed by atoms with E-state index in [1.54, 1.807) is 25.4 Å². The number of nitrogens with one attached hydrogen (secondary N) is 1. The second-order valence-corrected chi connectivity index (χ2v) is 3.67. The van der Waals surface area contributed by atoms with Crippen LogP contribution in [0.5, 0.6) is 0 Å². The molecule has 3 nitrogen and oxygen atoms in total. The minimum absolute atomic E-state index is 0.125. The van der Waals surface area contributed by atoms with E-state index in [0.717, 1.165) is 11.6 Å². The zero-order valence-electron chi connectivity index (χ0n) is 9.69. The lowest BCUT2D eigenvalue weighted by atomic mass is 10.2. The van der Waals surface area contributed by atoms with E-state index in [1.165, 1.54) is 12.1 Å². The molecule has 0 bridgehead atoms. The number of hydrogen-bond donors (Lipinski definition) is 1. The van der Waals surface area contributed by atoms with E-state index < -0.39 is 11.6 Å². The Morgan fingerprint density at radius 3 is 2.78 bits per heavy atom. The minimum atomic E-state index is -0.683. The molecule has 18 heavy (non-hydrogen) atoms. The van der Waals surface area contributed by atoms with Crippen molar-refractivity contribution in [2.24, 2.45) is 5.10 Å². The summed E-state index contributed by atoms with van der Waals surface area (Å²) in [4.78, 5) is 3.96. The monoisotopic (exact) mass is 247 g/mol. The topological polar surface area (TPSA) is 37.3 Å². The molecule has 2 aromatic rings. The molecule has 0 unspecified atom stereocenters. The maximum atomic E-state index is 13.3. The van der Waals surface area contributed by atoms with Crippen molar-refractivity contribution in [2.45, 2.75) is 6.92 Å². The van der Waals surface area contributed by atoms with Crippen LogP contribution in [0.2, 0.25) is 0 Å². The SMILES string of the molecule is C/C(=N\Nc1ccc(F)cc1F)c1cccnc1. The van der Waals surface area contributed by atoms with Gasteiger partial charge < -0.3 is 0 Å². The predicted molar refractivity (Wildman–Crippen MR) is 66.4 cm³/mol. The largest absolute Gasteiger partial charge is 0.275 e. The summed E-state index contributed by atoms with van der Waals surface area (Å²) in [6, 6.07) is 6.89. The summed E-state index contributed by atoms with van der Waals surface area (Å²) in [5.74, 6) is -1.30. The van der Waals surface area contributed by atoms with Gasteiger partial charge in [0.2, 0.25) is 0 Å². The van der Waals surface area contributed by atoms with Crippen LogP contribution in [0.15, 0.2) is 47.8 Å². The summed E-state index contributed by atoms with van der Waals surface area (Å²) < 4.78 is 26.0. The Balaban J connectivity index is 2.15. The molecule has 92 valence electrons. The highest BCUT2D eigenvalue weighted by Gasteiger charge is 2.03. The lowest BCUT2D eigenvalue weighted by Gasteiger charge is -2.04. The molecule has 0 radical (unpaired) electrons. The molecular formula is C13H11F2N3. The summed E-state index contributed by atoms with van der Waals surface area (Å²) in [6.07, 6.45) is 3.31. The number of halogens is 2. The second-order valence-electron chi connectivity index (χ2n) is 3.67. The lowest BCUT2D eigenvalue weighted by Crippen LogP contribution is -2.01. The van der Waals surface area contributed by atoms with Crippen LogP contribution < -0.4 is 5.43 Å². The Labute approximate surface area is 103 Å². The highest BCUT2D eigenvalue weighted by Crippen LogP contribution is 2.15. The van der Waals surface area contributed by atoms with E-state index in [0.29, 0.717) is 5.71 Å². The van der Waals surface area contributed by atoms with Crippen LogP contribution in [0.1, 0.15) is 12.5 Å². The first-order valence-corrected chi connectivity index (χ1v) is 5.32. The van der Waals surface area contributed by atoms with Crippen LogP contribution in [0, 0.1) is 11.6 Å². The van der Waals surface area contributed by atoms with Crippen LogP contribution in [0.25, 0.3) is 0 Å². The van der Waals surface area contributed by atoms with Crippen molar-refractivity contribution in [3.63, 3.8) is 0 Å². The maximum absolute atomic E-state index is 13.3. The highest BCUT2D eigenvalue weighted by atomic mass is 19.1. The minimum Gasteiger partial charge on any atom is -0.275 e. The average molecular weight is 247 g/mol. The van der Waals surface area contributed by atoms with Gasteiger partial charge in [0.1, 0.15) is 5.82 Å². The molecule has 0 aliphatic carbocycles. The Morgan fingerprint density at radius 1 is 1.28 bits per heavy atom. The third kappa shape index (κ3) is 2.88. The quantitative estimate of drug-likeness (QED) is 0.668. The zero-order chi connectivity index (χ0) is 13.0. The van der Waals surface area contributed by atoms with Crippen molar-refractivity contribution in [2.75, 3.05) is 5.43 Å². The molecule has 0 amide bonds. The molecule has 1 heterocycles. The maximum Gasteiger partial charge on any atom is 0.151 e. The number of aromatic nitrogens is 1. The van der Waals surface area contributed by atoms with Crippen LogP contribution in [0.3, 0.4) is 0 Å². The van der Waals surface area contributed by atoms with Gasteiger partial charge in [-0.05, 0) is 25.1 Å². The molecule has 5 heteroatoms. The van der Waals surface area contributed by atoms with Crippen LogP contribution >= 0.6 is 0 Å². The molecule has 0 aliphatic heterocycles. The van der Waals surface area contributed by atoms with Gasteiger partial charge in [0.05, 0.1) is 11.4 Å². The zero-order valence-corrected chi connectivity index (χ0v) is 9.69. The standard InChI is InChI=1S/C13H11F2N3/c1-9(10-3-2-6-16-8-10)17-18-13-5-4-11(14)7-12(13)15/h2-8,18H,1H3/b17-9+. The van der Waals surface area contributed by atoms with Crippen LogP contribution in [-0.2, 0) is 0 Å². The van der Waals surface area contributed by atoms with Crippen molar-refractivity contribution in [1.82, 2.24) is 4.98 Å². The number of anilines is 1. The Hall–Kier alpha value is -2.30. The normalized spacial score (nSPS) is 11.4. The highest BCUT2D eigenvalue weighted by molar-refractivity contribution is 5.98. The first-order chi connectivity index (χ1) is 8.66. The Morgan fingerprint density at radius 2 is 2.11 bits per heavy atom. The third-order valence-corrected chi connectivity index (χ3v) is 2.35. The Bertz CT molecular complexity index is 568. The van der Waals surface area contributed by atoms with Gasteiger partial charge in [0.25, 0.3) is 0 Å². The van der Waals surface area contributed by atoms with Crippen molar-refractivity contribution in [1.29, 1.82) is 0 Å². The summed E-state index contributed by atoms with van der Waals surface area (Å²) in [6.45, 7) is 1.77. The average Bonchev–Trinajstić information content (AvgIpc) is 2.38. The van der Waals surface area contributed by atoms with E-state index in [1.807, 2.05) is 6.07 Å². The van der Waals surface area contributed by atoms with Crippen molar-refractivity contribution in [3.8, 4) is 0 Å². The molecule has 1 aromatic heterocycles. The molecule has 0 aliphatic rings. The molecule has 0 atom stereocenters. The van der Waals surface area contributed by atoms with Crippen molar-refractivity contribution in [3.05, 3.63) is 59.9 Å². The summed E-state index contributed by atoms with van der Waals surface area (Å²) in [5.41, 5.74) is 4.17. The van der Waals surface area contributed by atoms with Crippen molar-refractivity contribution < 1.29 is 8.78 Å². The van der Waals surface area contributed by atoms with Gasteiger partial charge in [0, 0.05) is 24.0 Å². The van der Waals surface area contributed by atoms with E-state index >= 15 is 0 Å². The summed E-state index contributed by atoms with van der Waals surface area (Å²) >= 11 is 0. The van der Waals surface area contributed by atoms with E-state index in [4.69, 9.17) is 0 Å². The van der Waals surface area contributed by atoms with Gasteiger partial charge in [-0.15, -0.1) is 0 Å². The lowest BCUT2D eigenvalue weighted by molar-refractivity contribution is 0.585. The molecular weight excluding hydrogens is 236 g/mol. The summed E-state index contributed by atoms with van der Waals surface area (Å²) in [7, 11) is 0. The molecule has 2 rings (SSSR count). The molecule has 1 aromatic carbocycles. The number of rotatable bonds is 3. The molecule has 0 spiro atoms. The number of hydrogen-bond acceptors (Lipinski definition) is 3. The van der Waals surface area contributed by atoms with Crippen LogP contribution in [-0.4, -0.2) is 10.7 Å². The van der Waals surface area contributed by atoms with Gasteiger partial charge in [-0.25, -0.2) is 8.78 Å². The predicted octanol–water partition coefficient (Wildman–Crippen LogP) is 3.20. The van der Waals surface area contributed by atoms with Crippen LogP contribution in [0.4, 0.5) is 14.5 Å². The second kappa shape index (κ2) is 5.35. The van der Waals surface area contributed by atoms with Gasteiger partial charge in [-0.3, -0.25) is 10.4 Å². The first-order valence-electron chi connectivity index (χ1n) is 5.32. The smallest absolute Gasteiger partial charge is 0.151 e. The van der Waals surface area contributed by atoms with Gasteiger partial charge in [0.15, 0.2) is 5.82 Å². The fourth-order valence-electron chi connectivity index (χ4n) is 1.37. The molecule has 0 fully saturated rings. The molecule has 0 saturated heterocycles. The van der Waals surface area contributed by atoms with Gasteiger partial charge in [-0.2, -0.15) is 5.10 Å². The molecule has 0 saturated carbocycles. The fraction of sp³-hybridized carbons (Fsp3) is 0.0769. The number of nitrogens with zero attached hydrogens (tertiary/aromatic N) is 2. The Kier molecular flexibility index (Phi) is 3.62. The molecule has 1 N–H and O–H groups in total. The third-order valence-electron chi connectivity index (χ3n) is 2.35. The van der Waals surface area contributed by atoms with Crippen molar-refractivity contribution >= 4 is 11.4 Å².